The number of sulfonamides is 1. The van der Waals surface area contributed by atoms with Crippen molar-refractivity contribution in [3.05, 3.63) is 40.4 Å². The van der Waals surface area contributed by atoms with Crippen LogP contribution in [0.3, 0.4) is 0 Å². The van der Waals surface area contributed by atoms with E-state index in [0.717, 1.165) is 6.26 Å². The van der Waals surface area contributed by atoms with E-state index in [1.54, 1.807) is 0 Å². The van der Waals surface area contributed by atoms with Crippen molar-refractivity contribution in [1.82, 2.24) is 4.98 Å². The molecule has 11 heteroatoms. The van der Waals surface area contributed by atoms with Gasteiger partial charge >= 0.3 is 0 Å². The number of hydrogen-bond donors (Lipinski definition) is 0. The Labute approximate surface area is 173 Å². The molecule has 1 heterocycles. The van der Waals surface area contributed by atoms with E-state index in [2.05, 4.69) is 4.98 Å². The molecule has 0 fully saturated rings. The molecule has 152 valence electrons. The smallest absolute Gasteiger partial charge is 0.281 e. The first-order chi connectivity index (χ1) is 13.1. The minimum Gasteiger partial charge on any atom is -0.481 e. The van der Waals surface area contributed by atoms with E-state index >= 15 is 0 Å². The van der Waals surface area contributed by atoms with Crippen LogP contribution in [0.25, 0.3) is 0 Å². The summed E-state index contributed by atoms with van der Waals surface area (Å²) in [6.07, 6.45) is -0.309. The third-order valence-electron chi connectivity index (χ3n) is 3.51. The highest BCUT2D eigenvalue weighted by atomic mass is 35.5. The summed E-state index contributed by atoms with van der Waals surface area (Å²) in [7, 11) is -1.34. The number of ether oxygens (including phenoxy) is 3. The molecule has 0 aliphatic rings. The van der Waals surface area contributed by atoms with E-state index in [1.807, 2.05) is 0 Å². The zero-order valence-corrected chi connectivity index (χ0v) is 17.8. The van der Waals surface area contributed by atoms with Crippen molar-refractivity contribution in [1.29, 1.82) is 0 Å². The molecular weight excluding hydrogens is 431 g/mol. The number of benzene rings is 1. The Bertz CT molecular complexity index is 984. The SMILES string of the molecule is COc1ccc(N(C(=O)C(C)Oc2ccc(Cl)cc2Cl)S(C)(=O)=O)c(OC)n1. The average Bonchev–Trinajstić information content (AvgIpc) is 2.63. The monoisotopic (exact) mass is 448 g/mol. The molecule has 0 spiro atoms. The summed E-state index contributed by atoms with van der Waals surface area (Å²) in [6, 6.07) is 7.22. The van der Waals surface area contributed by atoms with Crippen molar-refractivity contribution in [3.63, 3.8) is 0 Å². The van der Waals surface area contributed by atoms with Crippen LogP contribution < -0.4 is 18.5 Å². The van der Waals surface area contributed by atoms with Crippen molar-refractivity contribution >= 4 is 44.8 Å². The number of methoxy groups -OCH3 is 2. The number of carbonyl (C=O) groups excluding carboxylic acids is 1. The number of aromatic nitrogens is 1. The predicted octanol–water partition coefficient (Wildman–Crippen LogP) is 3.17. The minimum absolute atomic E-state index is 0.0755. The average molecular weight is 449 g/mol. The number of halogens is 2. The molecule has 1 amide bonds. The number of pyridine rings is 1. The predicted molar refractivity (Wildman–Crippen MR) is 106 cm³/mol. The molecule has 0 N–H and O–H groups in total. The number of rotatable bonds is 7. The number of carbonyl (C=O) groups is 1. The van der Waals surface area contributed by atoms with Gasteiger partial charge < -0.3 is 14.2 Å². The van der Waals surface area contributed by atoms with Gasteiger partial charge in [-0.05, 0) is 31.2 Å². The Kier molecular flexibility index (Phi) is 6.97. The van der Waals surface area contributed by atoms with Crippen LogP contribution in [0, 0.1) is 0 Å². The van der Waals surface area contributed by atoms with Crippen LogP contribution in [0.4, 0.5) is 5.69 Å². The molecule has 0 aliphatic heterocycles. The Morgan fingerprint density at radius 3 is 2.36 bits per heavy atom. The summed E-state index contributed by atoms with van der Waals surface area (Å²) < 4.78 is 40.9. The fourth-order valence-electron chi connectivity index (χ4n) is 2.27. The summed E-state index contributed by atoms with van der Waals surface area (Å²) in [5.74, 6) is -0.590. The lowest BCUT2D eigenvalue weighted by Crippen LogP contribution is -2.44. The van der Waals surface area contributed by atoms with Gasteiger partial charge in [-0.15, -0.1) is 0 Å². The van der Waals surface area contributed by atoms with Crippen LogP contribution in [0.1, 0.15) is 6.92 Å². The fraction of sp³-hybridized carbons (Fsp3) is 0.294. The normalized spacial score (nSPS) is 12.2. The lowest BCUT2D eigenvalue weighted by molar-refractivity contribution is -0.123. The number of nitrogens with zero attached hydrogens (tertiary/aromatic N) is 2. The zero-order chi connectivity index (χ0) is 21.1. The van der Waals surface area contributed by atoms with E-state index in [9.17, 15) is 13.2 Å². The maximum absolute atomic E-state index is 12.9. The van der Waals surface area contributed by atoms with Gasteiger partial charge in [-0.2, -0.15) is 9.29 Å². The van der Waals surface area contributed by atoms with Gasteiger partial charge in [0.05, 0.1) is 25.5 Å². The van der Waals surface area contributed by atoms with Crippen molar-refractivity contribution in [2.24, 2.45) is 0 Å². The van der Waals surface area contributed by atoms with E-state index in [4.69, 9.17) is 37.4 Å². The summed E-state index contributed by atoms with van der Waals surface area (Å²) in [4.78, 5) is 16.9. The Morgan fingerprint density at radius 1 is 1.14 bits per heavy atom. The first kappa shape index (κ1) is 22.1. The molecule has 8 nitrogen and oxygen atoms in total. The highest BCUT2D eigenvalue weighted by molar-refractivity contribution is 7.92. The maximum atomic E-state index is 12.9. The first-order valence-electron chi connectivity index (χ1n) is 7.83. The second-order valence-corrected chi connectivity index (χ2v) is 8.26. The maximum Gasteiger partial charge on any atom is 0.281 e. The molecule has 1 unspecified atom stereocenters. The van der Waals surface area contributed by atoms with E-state index < -0.39 is 22.0 Å². The van der Waals surface area contributed by atoms with Crippen molar-refractivity contribution in [2.75, 3.05) is 24.8 Å². The van der Waals surface area contributed by atoms with Crippen LogP contribution in [0.2, 0.25) is 10.0 Å². The summed E-state index contributed by atoms with van der Waals surface area (Å²) in [5, 5.41) is 0.574. The zero-order valence-electron chi connectivity index (χ0n) is 15.5. The standard InChI is InChI=1S/C17H18Cl2N2O6S/c1-10(27-14-7-5-11(18)9-12(14)19)17(22)21(28(4,23)24)13-6-8-15(25-2)20-16(13)26-3/h5-10H,1-4H3. The molecule has 0 radical (unpaired) electrons. The van der Waals surface area contributed by atoms with Gasteiger partial charge in [-0.1, -0.05) is 23.2 Å². The molecule has 0 aliphatic carbocycles. The van der Waals surface area contributed by atoms with Gasteiger partial charge in [-0.3, -0.25) is 4.79 Å². The van der Waals surface area contributed by atoms with Crippen molar-refractivity contribution in [2.45, 2.75) is 13.0 Å². The number of anilines is 1. The lowest BCUT2D eigenvalue weighted by Gasteiger charge is -2.25. The first-order valence-corrected chi connectivity index (χ1v) is 10.4. The fourth-order valence-corrected chi connectivity index (χ4v) is 3.70. The number of amides is 1. The topological polar surface area (TPSA) is 95.0 Å². The third kappa shape index (κ3) is 4.98. The molecule has 0 saturated heterocycles. The molecule has 2 rings (SSSR count). The van der Waals surface area contributed by atoms with E-state index in [1.165, 1.54) is 51.5 Å². The van der Waals surface area contributed by atoms with E-state index in [-0.39, 0.29) is 28.2 Å². The van der Waals surface area contributed by atoms with Gasteiger partial charge in [0, 0.05) is 11.1 Å². The quantitative estimate of drug-likeness (QED) is 0.641. The van der Waals surface area contributed by atoms with E-state index in [0.29, 0.717) is 9.33 Å². The van der Waals surface area contributed by atoms with Gasteiger partial charge in [0.2, 0.25) is 21.8 Å². The molecule has 1 atom stereocenters. The van der Waals surface area contributed by atoms with Gasteiger partial charge in [-0.25, -0.2) is 8.42 Å². The van der Waals surface area contributed by atoms with Crippen LogP contribution in [-0.2, 0) is 14.8 Å². The summed E-state index contributed by atoms with van der Waals surface area (Å²) >= 11 is 11.9. The van der Waals surface area contributed by atoms with Crippen LogP contribution in [0.5, 0.6) is 17.5 Å². The van der Waals surface area contributed by atoms with Gasteiger partial charge in [0.1, 0.15) is 11.4 Å². The summed E-state index contributed by atoms with van der Waals surface area (Å²) in [5.41, 5.74) is -0.0755. The van der Waals surface area contributed by atoms with Crippen LogP contribution in [0.15, 0.2) is 30.3 Å². The third-order valence-corrected chi connectivity index (χ3v) is 5.08. The highest BCUT2D eigenvalue weighted by Gasteiger charge is 2.33. The second-order valence-electron chi connectivity index (χ2n) is 5.58. The Hall–Kier alpha value is -2.23. The van der Waals surface area contributed by atoms with Gasteiger partial charge in [0.25, 0.3) is 5.91 Å². The van der Waals surface area contributed by atoms with Crippen molar-refractivity contribution in [3.8, 4) is 17.5 Å². The lowest BCUT2D eigenvalue weighted by atomic mass is 10.3. The molecule has 0 bridgehead atoms. The van der Waals surface area contributed by atoms with Crippen LogP contribution >= 0.6 is 23.2 Å². The molecule has 0 saturated carbocycles. The van der Waals surface area contributed by atoms with Crippen LogP contribution in [-0.4, -0.2) is 45.9 Å². The molecule has 28 heavy (non-hydrogen) atoms. The molecule has 1 aromatic heterocycles. The Morgan fingerprint density at radius 2 is 1.82 bits per heavy atom. The highest BCUT2D eigenvalue weighted by Crippen LogP contribution is 2.32. The molecular formula is C17H18Cl2N2O6S. The second kappa shape index (κ2) is 8.85. The summed E-state index contributed by atoms with van der Waals surface area (Å²) in [6.45, 7) is 1.40. The largest absolute Gasteiger partial charge is 0.481 e. The minimum atomic E-state index is -4.03. The number of hydrogen-bond acceptors (Lipinski definition) is 7. The molecule has 1 aromatic carbocycles. The molecule has 2 aromatic rings. The Balaban J connectivity index is 2.42. The van der Waals surface area contributed by atoms with Crippen molar-refractivity contribution < 1.29 is 27.4 Å². The van der Waals surface area contributed by atoms with Gasteiger partial charge in [0.15, 0.2) is 6.10 Å².